The Labute approximate surface area is 109 Å². The lowest BCUT2D eigenvalue weighted by molar-refractivity contribution is 0.133. The summed E-state index contributed by atoms with van der Waals surface area (Å²) in [6.45, 7) is 4.52. The fourth-order valence-electron chi connectivity index (χ4n) is 3.02. The summed E-state index contributed by atoms with van der Waals surface area (Å²) in [5, 5.41) is 15.6. The largest absolute Gasteiger partial charge is 0.396 e. The minimum absolute atomic E-state index is 0.0581. The Hall–Kier alpha value is -0.810. The van der Waals surface area contributed by atoms with Crippen molar-refractivity contribution in [1.29, 1.82) is 0 Å². The van der Waals surface area contributed by atoms with Gasteiger partial charge in [0.2, 0.25) is 0 Å². The number of rotatable bonds is 6. The summed E-state index contributed by atoms with van der Waals surface area (Å²) >= 11 is 0. The highest BCUT2D eigenvalue weighted by Crippen LogP contribution is 2.28. The lowest BCUT2D eigenvalue weighted by Crippen LogP contribution is -2.38. The SMILES string of the molecule is O=C1NCCN1CCNCC1CCCCC1CO. The Kier molecular flexibility index (Phi) is 5.26. The van der Waals surface area contributed by atoms with E-state index >= 15 is 0 Å². The van der Waals surface area contributed by atoms with E-state index in [2.05, 4.69) is 10.6 Å². The second-order valence-corrected chi connectivity index (χ2v) is 5.41. The molecular weight excluding hydrogens is 230 g/mol. The van der Waals surface area contributed by atoms with E-state index in [0.29, 0.717) is 18.4 Å². The average molecular weight is 255 g/mol. The molecule has 0 aromatic heterocycles. The molecule has 2 amide bonds. The standard InChI is InChI=1S/C13H25N3O2/c17-10-12-4-2-1-3-11(12)9-14-5-7-16-8-6-15-13(16)18/h11-12,14,17H,1-10H2,(H,15,18). The van der Waals surface area contributed by atoms with Gasteiger partial charge < -0.3 is 20.6 Å². The quantitative estimate of drug-likeness (QED) is 0.602. The third-order valence-electron chi connectivity index (χ3n) is 4.21. The van der Waals surface area contributed by atoms with Gasteiger partial charge in [-0.2, -0.15) is 0 Å². The van der Waals surface area contributed by atoms with Crippen LogP contribution in [0.2, 0.25) is 0 Å². The Morgan fingerprint density at radius 1 is 1.33 bits per heavy atom. The van der Waals surface area contributed by atoms with Crippen molar-refractivity contribution >= 4 is 6.03 Å². The first-order valence-electron chi connectivity index (χ1n) is 7.15. The molecule has 0 aromatic carbocycles. The van der Waals surface area contributed by atoms with Crippen LogP contribution < -0.4 is 10.6 Å². The smallest absolute Gasteiger partial charge is 0.317 e. The molecule has 1 saturated heterocycles. The Bertz CT molecular complexity index is 273. The monoisotopic (exact) mass is 255 g/mol. The molecule has 0 radical (unpaired) electrons. The fraction of sp³-hybridized carbons (Fsp3) is 0.923. The van der Waals surface area contributed by atoms with E-state index < -0.39 is 0 Å². The van der Waals surface area contributed by atoms with E-state index in [9.17, 15) is 9.90 Å². The van der Waals surface area contributed by atoms with Crippen molar-refractivity contribution in [3.05, 3.63) is 0 Å². The van der Waals surface area contributed by atoms with Crippen LogP contribution >= 0.6 is 0 Å². The van der Waals surface area contributed by atoms with Gasteiger partial charge in [-0.25, -0.2) is 4.79 Å². The highest BCUT2D eigenvalue weighted by molar-refractivity contribution is 5.76. The first kappa shape index (κ1) is 13.6. The molecule has 2 unspecified atom stereocenters. The van der Waals surface area contributed by atoms with Crippen molar-refractivity contribution < 1.29 is 9.90 Å². The molecule has 2 atom stereocenters. The predicted octanol–water partition coefficient (Wildman–Crippen LogP) is 0.400. The van der Waals surface area contributed by atoms with Gasteiger partial charge in [0.05, 0.1) is 0 Å². The maximum Gasteiger partial charge on any atom is 0.317 e. The summed E-state index contributed by atoms with van der Waals surface area (Å²) in [5.41, 5.74) is 0. The van der Waals surface area contributed by atoms with Crippen LogP contribution in [0.4, 0.5) is 4.79 Å². The number of carbonyl (C=O) groups is 1. The van der Waals surface area contributed by atoms with Gasteiger partial charge in [0.1, 0.15) is 0 Å². The van der Waals surface area contributed by atoms with Gasteiger partial charge in [-0.1, -0.05) is 12.8 Å². The normalized spacial score (nSPS) is 28.5. The van der Waals surface area contributed by atoms with Crippen molar-refractivity contribution in [3.63, 3.8) is 0 Å². The van der Waals surface area contributed by atoms with Gasteiger partial charge >= 0.3 is 6.03 Å². The Morgan fingerprint density at radius 3 is 2.78 bits per heavy atom. The topological polar surface area (TPSA) is 64.6 Å². The third kappa shape index (κ3) is 3.59. The van der Waals surface area contributed by atoms with E-state index in [1.165, 1.54) is 19.3 Å². The molecule has 1 aliphatic heterocycles. The molecule has 1 heterocycles. The number of aliphatic hydroxyl groups is 1. The zero-order chi connectivity index (χ0) is 12.8. The van der Waals surface area contributed by atoms with E-state index in [4.69, 9.17) is 0 Å². The zero-order valence-corrected chi connectivity index (χ0v) is 11.0. The van der Waals surface area contributed by atoms with Gasteiger partial charge in [-0.3, -0.25) is 0 Å². The molecule has 0 spiro atoms. The molecular formula is C13H25N3O2. The number of amides is 2. The van der Waals surface area contributed by atoms with Crippen LogP contribution in [0.1, 0.15) is 25.7 Å². The predicted molar refractivity (Wildman–Crippen MR) is 70.4 cm³/mol. The minimum atomic E-state index is 0.0581. The molecule has 0 aromatic rings. The lowest BCUT2D eigenvalue weighted by Gasteiger charge is -2.30. The molecule has 5 nitrogen and oxygen atoms in total. The van der Waals surface area contributed by atoms with Crippen molar-refractivity contribution in [2.45, 2.75) is 25.7 Å². The highest BCUT2D eigenvalue weighted by atomic mass is 16.3. The summed E-state index contributed by atoms with van der Waals surface area (Å²) in [5.74, 6) is 1.08. The first-order chi connectivity index (χ1) is 8.81. The van der Waals surface area contributed by atoms with Crippen molar-refractivity contribution in [3.8, 4) is 0 Å². The summed E-state index contributed by atoms with van der Waals surface area (Å²) in [7, 11) is 0. The summed E-state index contributed by atoms with van der Waals surface area (Å²) in [4.78, 5) is 13.2. The molecule has 104 valence electrons. The van der Waals surface area contributed by atoms with Gasteiger partial charge in [0, 0.05) is 32.8 Å². The van der Waals surface area contributed by atoms with E-state index in [1.807, 2.05) is 4.90 Å². The van der Waals surface area contributed by atoms with Crippen molar-refractivity contribution in [1.82, 2.24) is 15.5 Å². The summed E-state index contributed by atoms with van der Waals surface area (Å²) < 4.78 is 0. The van der Waals surface area contributed by atoms with Crippen LogP contribution in [0.25, 0.3) is 0 Å². The Morgan fingerprint density at radius 2 is 2.11 bits per heavy atom. The maximum absolute atomic E-state index is 11.3. The third-order valence-corrected chi connectivity index (χ3v) is 4.21. The minimum Gasteiger partial charge on any atom is -0.396 e. The van der Waals surface area contributed by atoms with Crippen LogP contribution in [-0.4, -0.2) is 55.4 Å². The number of hydrogen-bond donors (Lipinski definition) is 3. The molecule has 1 saturated carbocycles. The fourth-order valence-corrected chi connectivity index (χ4v) is 3.02. The number of aliphatic hydroxyl groups excluding tert-OH is 1. The molecule has 2 aliphatic rings. The summed E-state index contributed by atoms with van der Waals surface area (Å²) in [6, 6.07) is 0.0581. The number of nitrogens with zero attached hydrogens (tertiary/aromatic N) is 1. The van der Waals surface area contributed by atoms with Gasteiger partial charge in [0.15, 0.2) is 0 Å². The van der Waals surface area contributed by atoms with E-state index in [0.717, 1.165) is 39.1 Å². The molecule has 2 fully saturated rings. The molecule has 0 bridgehead atoms. The molecule has 2 rings (SSSR count). The molecule has 1 aliphatic carbocycles. The number of urea groups is 1. The molecule has 5 heteroatoms. The average Bonchev–Trinajstić information content (AvgIpc) is 2.81. The zero-order valence-electron chi connectivity index (χ0n) is 11.0. The second-order valence-electron chi connectivity index (χ2n) is 5.41. The molecule has 18 heavy (non-hydrogen) atoms. The van der Waals surface area contributed by atoms with Crippen molar-refractivity contribution in [2.24, 2.45) is 11.8 Å². The van der Waals surface area contributed by atoms with Crippen LogP contribution in [0, 0.1) is 11.8 Å². The second kappa shape index (κ2) is 6.95. The van der Waals surface area contributed by atoms with Crippen LogP contribution in [0.3, 0.4) is 0 Å². The highest BCUT2D eigenvalue weighted by Gasteiger charge is 2.24. The van der Waals surface area contributed by atoms with Gasteiger partial charge in [-0.15, -0.1) is 0 Å². The maximum atomic E-state index is 11.3. The number of hydrogen-bond acceptors (Lipinski definition) is 3. The van der Waals surface area contributed by atoms with Crippen LogP contribution in [0.5, 0.6) is 0 Å². The van der Waals surface area contributed by atoms with E-state index in [1.54, 1.807) is 0 Å². The van der Waals surface area contributed by atoms with Gasteiger partial charge in [-0.05, 0) is 31.2 Å². The lowest BCUT2D eigenvalue weighted by atomic mass is 9.79. The number of nitrogens with one attached hydrogen (secondary N) is 2. The molecule has 3 N–H and O–H groups in total. The first-order valence-corrected chi connectivity index (χ1v) is 7.15. The number of carbonyl (C=O) groups excluding carboxylic acids is 1. The summed E-state index contributed by atoms with van der Waals surface area (Å²) in [6.07, 6.45) is 4.94. The van der Waals surface area contributed by atoms with Crippen molar-refractivity contribution in [2.75, 3.05) is 39.3 Å². The van der Waals surface area contributed by atoms with E-state index in [-0.39, 0.29) is 6.03 Å². The van der Waals surface area contributed by atoms with Crippen LogP contribution in [-0.2, 0) is 0 Å². The van der Waals surface area contributed by atoms with Crippen LogP contribution in [0.15, 0.2) is 0 Å². The van der Waals surface area contributed by atoms with Gasteiger partial charge in [0.25, 0.3) is 0 Å². The Balaban J connectivity index is 1.60.